The van der Waals surface area contributed by atoms with Crippen LogP contribution < -0.4 is 0 Å². The Kier molecular flexibility index (Phi) is 7.74. The minimum Gasteiger partial charge on any atom is -0.383 e. The Morgan fingerprint density at radius 2 is 1.88 bits per heavy atom. The van der Waals surface area contributed by atoms with Gasteiger partial charge in [0, 0.05) is 50.8 Å². The first-order chi connectivity index (χ1) is 19.0. The zero-order valence-corrected chi connectivity index (χ0v) is 23.4. The third-order valence-electron chi connectivity index (χ3n) is 8.15. The van der Waals surface area contributed by atoms with Gasteiger partial charge in [-0.2, -0.15) is 0 Å². The first-order valence-corrected chi connectivity index (χ1v) is 13.6. The highest BCUT2D eigenvalue weighted by molar-refractivity contribution is 5.82. The first kappa shape index (κ1) is 28.3. The number of likely N-dealkylation sites (tertiary alicyclic amines) is 1. The van der Waals surface area contributed by atoms with Crippen molar-refractivity contribution in [1.29, 1.82) is 0 Å². The number of ether oxygens (including phenoxy) is 1. The third-order valence-corrected chi connectivity index (χ3v) is 8.15. The second-order valence-corrected chi connectivity index (χ2v) is 12.0. The third kappa shape index (κ3) is 5.50. The van der Waals surface area contributed by atoms with Gasteiger partial charge in [0.05, 0.1) is 23.9 Å². The molecule has 3 aromatic rings. The number of halogens is 2. The average Bonchev–Trinajstić information content (AvgIpc) is 3.29. The maximum absolute atomic E-state index is 14.2. The smallest absolute Gasteiger partial charge is 0.252 e. The number of pyridine rings is 2. The molecule has 4 heterocycles. The molecule has 212 valence electrons. The number of aliphatic hydroxyl groups is 1. The van der Waals surface area contributed by atoms with E-state index >= 15 is 0 Å². The highest BCUT2D eigenvalue weighted by Gasteiger charge is 2.42. The van der Waals surface area contributed by atoms with E-state index in [1.807, 2.05) is 30.6 Å². The van der Waals surface area contributed by atoms with Crippen molar-refractivity contribution in [3.63, 3.8) is 0 Å². The number of amides is 1. The highest BCUT2D eigenvalue weighted by atomic mass is 19.2. The molecule has 0 saturated carbocycles. The molecular formula is C31H36F2N4O3. The monoisotopic (exact) mass is 550 g/mol. The number of piperidine rings is 1. The van der Waals surface area contributed by atoms with E-state index in [0.717, 1.165) is 43.6 Å². The molecule has 2 aromatic heterocycles. The summed E-state index contributed by atoms with van der Waals surface area (Å²) < 4.78 is 34.2. The van der Waals surface area contributed by atoms with E-state index in [4.69, 9.17) is 4.74 Å². The van der Waals surface area contributed by atoms with Gasteiger partial charge in [0.1, 0.15) is 6.10 Å². The fraction of sp³-hybridized carbons (Fsp3) is 0.452. The summed E-state index contributed by atoms with van der Waals surface area (Å²) in [6.45, 7) is 8.37. The summed E-state index contributed by atoms with van der Waals surface area (Å²) in [6, 6.07) is 8.53. The van der Waals surface area contributed by atoms with Crippen molar-refractivity contribution in [3.8, 4) is 0 Å². The zero-order valence-electron chi connectivity index (χ0n) is 23.4. The molecule has 2 aliphatic heterocycles. The molecular weight excluding hydrogens is 514 g/mol. The van der Waals surface area contributed by atoms with E-state index in [-0.39, 0.29) is 5.60 Å². The fourth-order valence-corrected chi connectivity index (χ4v) is 5.65. The first-order valence-electron chi connectivity index (χ1n) is 13.6. The summed E-state index contributed by atoms with van der Waals surface area (Å²) >= 11 is 0. The molecule has 2 atom stereocenters. The van der Waals surface area contributed by atoms with Gasteiger partial charge in [0.15, 0.2) is 11.6 Å². The largest absolute Gasteiger partial charge is 0.383 e. The van der Waals surface area contributed by atoms with Crippen molar-refractivity contribution in [2.45, 2.75) is 64.5 Å². The second-order valence-electron chi connectivity index (χ2n) is 12.0. The molecule has 0 aliphatic carbocycles. The molecule has 1 amide bonds. The van der Waals surface area contributed by atoms with E-state index < -0.39 is 35.1 Å². The van der Waals surface area contributed by atoms with Crippen molar-refractivity contribution in [3.05, 3.63) is 94.6 Å². The lowest BCUT2D eigenvalue weighted by Gasteiger charge is -2.39. The summed E-state index contributed by atoms with van der Waals surface area (Å²) in [7, 11) is 1.54. The van der Waals surface area contributed by atoms with Gasteiger partial charge in [0.25, 0.3) is 5.91 Å². The number of carbonyl (C=O) groups excluding carboxylic acids is 1. The zero-order chi connectivity index (χ0) is 28.7. The Bertz CT molecular complexity index is 1370. The lowest BCUT2D eigenvalue weighted by atomic mass is 9.84. The van der Waals surface area contributed by atoms with Crippen molar-refractivity contribution < 1.29 is 23.4 Å². The van der Waals surface area contributed by atoms with Gasteiger partial charge in [-0.3, -0.25) is 19.7 Å². The molecule has 2 aliphatic rings. The quantitative estimate of drug-likeness (QED) is 0.478. The Morgan fingerprint density at radius 1 is 1.12 bits per heavy atom. The van der Waals surface area contributed by atoms with Crippen LogP contribution in [0.15, 0.2) is 55.0 Å². The van der Waals surface area contributed by atoms with Gasteiger partial charge >= 0.3 is 0 Å². The number of aliphatic hydroxyl groups excluding tert-OH is 1. The van der Waals surface area contributed by atoms with Crippen molar-refractivity contribution in [2.75, 3.05) is 20.1 Å². The topological polar surface area (TPSA) is 78.8 Å². The number of nitrogens with zero attached hydrogens (tertiary/aromatic N) is 4. The number of rotatable bonds is 6. The van der Waals surface area contributed by atoms with Gasteiger partial charge in [-0.25, -0.2) is 8.78 Å². The van der Waals surface area contributed by atoms with Crippen LogP contribution in [0, 0.1) is 17.0 Å². The summed E-state index contributed by atoms with van der Waals surface area (Å²) in [5.74, 6) is -2.51. The van der Waals surface area contributed by atoms with Gasteiger partial charge in [-0.05, 0) is 59.2 Å². The SMILES string of the molecule is CN(C(=O)[C@@H](O)C(C)(C)C)[C@@H](c1ccc(F)c(F)c1)c1ccc(CN2CCC3(CC2)OCc2ccncc23)cn1. The number of fused-ring (bicyclic) bond motifs is 2. The van der Waals surface area contributed by atoms with E-state index in [2.05, 4.69) is 14.9 Å². The van der Waals surface area contributed by atoms with E-state index in [0.29, 0.717) is 24.4 Å². The molecule has 0 radical (unpaired) electrons. The normalized spacial score (nSPS) is 18.4. The predicted octanol–water partition coefficient (Wildman–Crippen LogP) is 4.73. The van der Waals surface area contributed by atoms with Gasteiger partial charge in [-0.15, -0.1) is 0 Å². The summed E-state index contributed by atoms with van der Waals surface area (Å²) in [5, 5.41) is 10.7. The van der Waals surface area contributed by atoms with Crippen LogP contribution in [0.25, 0.3) is 0 Å². The molecule has 1 spiro atoms. The van der Waals surface area contributed by atoms with Gasteiger partial charge in [-0.1, -0.05) is 32.9 Å². The molecule has 0 bridgehead atoms. The summed E-state index contributed by atoms with van der Waals surface area (Å²) in [6.07, 6.45) is 6.00. The molecule has 0 unspecified atom stereocenters. The minimum absolute atomic E-state index is 0.255. The Morgan fingerprint density at radius 3 is 2.52 bits per heavy atom. The van der Waals surface area contributed by atoms with Gasteiger partial charge < -0.3 is 14.7 Å². The Balaban J connectivity index is 1.32. The minimum atomic E-state index is -1.28. The summed E-state index contributed by atoms with van der Waals surface area (Å²) in [4.78, 5) is 25.9. The number of likely N-dealkylation sites (N-methyl/N-ethyl adjacent to an activating group) is 1. The standard InChI is InChI=1S/C31H36F2N4O3/c1-30(2,3)28(38)29(39)36(4)27(21-6-7-24(32)25(33)15-21)26-8-5-20(16-35-26)18-37-13-10-31(11-14-37)23-17-34-12-9-22(23)19-40-31/h5-9,12,15-17,27-28,38H,10-11,13-14,18-19H2,1-4H3/t27-,28+/m0/s1. The Labute approximate surface area is 233 Å². The Hall–Kier alpha value is -3.27. The number of carbonyl (C=O) groups is 1. The van der Waals surface area contributed by atoms with Crippen LogP contribution in [0.4, 0.5) is 8.78 Å². The van der Waals surface area contributed by atoms with E-state index in [1.54, 1.807) is 34.0 Å². The van der Waals surface area contributed by atoms with Crippen LogP contribution in [0.5, 0.6) is 0 Å². The van der Waals surface area contributed by atoms with Crippen LogP contribution >= 0.6 is 0 Å². The predicted molar refractivity (Wildman–Crippen MR) is 146 cm³/mol. The molecule has 7 nitrogen and oxygen atoms in total. The fourth-order valence-electron chi connectivity index (χ4n) is 5.65. The van der Waals surface area contributed by atoms with Crippen LogP contribution in [0.2, 0.25) is 0 Å². The van der Waals surface area contributed by atoms with Crippen molar-refractivity contribution >= 4 is 5.91 Å². The maximum Gasteiger partial charge on any atom is 0.252 e. The summed E-state index contributed by atoms with van der Waals surface area (Å²) in [5.41, 5.74) is 3.33. The second kappa shape index (κ2) is 11.0. The van der Waals surface area contributed by atoms with Crippen LogP contribution in [0.3, 0.4) is 0 Å². The van der Waals surface area contributed by atoms with Crippen molar-refractivity contribution in [2.24, 2.45) is 5.41 Å². The lowest BCUT2D eigenvalue weighted by molar-refractivity contribution is -0.146. The van der Waals surface area contributed by atoms with Crippen LogP contribution in [-0.2, 0) is 28.3 Å². The molecule has 1 N–H and O–H groups in total. The van der Waals surface area contributed by atoms with Gasteiger partial charge in [0.2, 0.25) is 0 Å². The van der Waals surface area contributed by atoms with Crippen LogP contribution in [0.1, 0.15) is 67.6 Å². The molecule has 9 heteroatoms. The lowest BCUT2D eigenvalue weighted by Crippen LogP contribution is -2.45. The maximum atomic E-state index is 14.2. The van der Waals surface area contributed by atoms with E-state index in [1.165, 1.54) is 22.1 Å². The number of hydrogen-bond donors (Lipinski definition) is 1. The number of benzene rings is 1. The van der Waals surface area contributed by atoms with Crippen LogP contribution in [-0.4, -0.2) is 57.0 Å². The van der Waals surface area contributed by atoms with E-state index in [9.17, 15) is 18.7 Å². The number of hydrogen-bond acceptors (Lipinski definition) is 6. The van der Waals surface area contributed by atoms with Crippen molar-refractivity contribution in [1.82, 2.24) is 19.8 Å². The average molecular weight is 551 g/mol. The number of aromatic nitrogens is 2. The molecule has 40 heavy (non-hydrogen) atoms. The molecule has 1 fully saturated rings. The molecule has 1 saturated heterocycles. The molecule has 5 rings (SSSR count). The highest BCUT2D eigenvalue weighted by Crippen LogP contribution is 2.43. The molecule has 1 aromatic carbocycles.